The zero-order valence-corrected chi connectivity index (χ0v) is 10.7. The molecule has 1 heterocycles. The van der Waals surface area contributed by atoms with Gasteiger partial charge in [0.25, 0.3) is 0 Å². The first kappa shape index (κ1) is 14.2. The summed E-state index contributed by atoms with van der Waals surface area (Å²) in [5, 5.41) is 11.9. The summed E-state index contributed by atoms with van der Waals surface area (Å²) < 4.78 is 0. The van der Waals surface area contributed by atoms with Gasteiger partial charge in [-0.25, -0.2) is 9.78 Å². The molecule has 1 rings (SSSR count). The molecule has 98 valence electrons. The molecule has 0 aromatic carbocycles. The molecule has 0 aliphatic rings. The maximum Gasteiger partial charge on any atom is 0.326 e. The van der Waals surface area contributed by atoms with Crippen LogP contribution in [0.5, 0.6) is 0 Å². The Kier molecular flexibility index (Phi) is 4.49. The highest BCUT2D eigenvalue weighted by Gasteiger charge is 2.22. The number of carbonyl (C=O) groups is 2. The van der Waals surface area contributed by atoms with E-state index < -0.39 is 17.9 Å². The molecule has 0 aliphatic carbocycles. The fourth-order valence-electron chi connectivity index (χ4n) is 1.34. The fraction of sp³-hybridized carbons (Fsp3) is 0.364. The first-order valence-corrected chi connectivity index (χ1v) is 5.65. The van der Waals surface area contributed by atoms with Gasteiger partial charge in [-0.2, -0.15) is 0 Å². The molecule has 1 atom stereocenters. The number of pyridine rings is 1. The SMILES string of the molecule is CC(C)[C@H](Nc1ncc(C(N)=O)cc1Cl)C(=O)O. The van der Waals surface area contributed by atoms with Crippen molar-refractivity contribution in [2.45, 2.75) is 19.9 Å². The lowest BCUT2D eigenvalue weighted by molar-refractivity contribution is -0.138. The summed E-state index contributed by atoms with van der Waals surface area (Å²) in [5.74, 6) is -1.57. The molecule has 0 saturated carbocycles. The molecule has 0 spiro atoms. The maximum atomic E-state index is 11.0. The Balaban J connectivity index is 2.97. The Morgan fingerprint density at radius 3 is 2.50 bits per heavy atom. The van der Waals surface area contributed by atoms with E-state index >= 15 is 0 Å². The molecule has 6 nitrogen and oxygen atoms in total. The van der Waals surface area contributed by atoms with E-state index in [-0.39, 0.29) is 22.3 Å². The quantitative estimate of drug-likeness (QED) is 0.750. The number of aliphatic carboxylic acids is 1. The number of aromatic nitrogens is 1. The molecule has 0 bridgehead atoms. The molecule has 4 N–H and O–H groups in total. The molecule has 0 radical (unpaired) electrons. The first-order valence-electron chi connectivity index (χ1n) is 5.27. The van der Waals surface area contributed by atoms with Gasteiger partial charge in [-0.15, -0.1) is 0 Å². The predicted octanol–water partition coefficient (Wildman–Crippen LogP) is 1.35. The molecule has 18 heavy (non-hydrogen) atoms. The van der Waals surface area contributed by atoms with E-state index in [1.807, 2.05) is 0 Å². The molecule has 0 aliphatic heterocycles. The lowest BCUT2D eigenvalue weighted by Crippen LogP contribution is -2.34. The van der Waals surface area contributed by atoms with Crippen LogP contribution in [-0.4, -0.2) is 28.0 Å². The number of nitrogens with one attached hydrogen (secondary N) is 1. The van der Waals surface area contributed by atoms with Gasteiger partial charge in [0.15, 0.2) is 0 Å². The normalized spacial score (nSPS) is 12.2. The van der Waals surface area contributed by atoms with E-state index in [1.165, 1.54) is 12.3 Å². The van der Waals surface area contributed by atoms with Crippen LogP contribution < -0.4 is 11.1 Å². The molecule has 0 fully saturated rings. The highest BCUT2D eigenvalue weighted by Crippen LogP contribution is 2.22. The fourth-order valence-corrected chi connectivity index (χ4v) is 1.56. The number of halogens is 1. The highest BCUT2D eigenvalue weighted by molar-refractivity contribution is 6.33. The summed E-state index contributed by atoms with van der Waals surface area (Å²) >= 11 is 5.90. The summed E-state index contributed by atoms with van der Waals surface area (Å²) in [6.07, 6.45) is 1.25. The van der Waals surface area contributed by atoms with Crippen LogP contribution in [0.1, 0.15) is 24.2 Å². The van der Waals surface area contributed by atoms with E-state index in [9.17, 15) is 9.59 Å². The van der Waals surface area contributed by atoms with Crippen LogP contribution in [0.2, 0.25) is 5.02 Å². The van der Waals surface area contributed by atoms with Crippen molar-refractivity contribution in [1.29, 1.82) is 0 Å². The summed E-state index contributed by atoms with van der Waals surface area (Å²) in [7, 11) is 0. The summed E-state index contributed by atoms with van der Waals surface area (Å²) in [6.45, 7) is 3.52. The number of carboxylic acid groups (broad SMARTS) is 1. The van der Waals surface area contributed by atoms with Crippen LogP contribution >= 0.6 is 11.6 Å². The van der Waals surface area contributed by atoms with Crippen molar-refractivity contribution in [3.63, 3.8) is 0 Å². The highest BCUT2D eigenvalue weighted by atomic mass is 35.5. The molecule has 1 aromatic heterocycles. The second-order valence-electron chi connectivity index (χ2n) is 4.12. The lowest BCUT2D eigenvalue weighted by atomic mass is 10.0. The first-order chi connectivity index (χ1) is 8.32. The predicted molar refractivity (Wildman–Crippen MR) is 67.6 cm³/mol. The van der Waals surface area contributed by atoms with Gasteiger partial charge in [0.05, 0.1) is 10.6 Å². The zero-order valence-electron chi connectivity index (χ0n) is 9.98. The van der Waals surface area contributed by atoms with Gasteiger partial charge in [-0.05, 0) is 12.0 Å². The monoisotopic (exact) mass is 271 g/mol. The number of amides is 1. The molecular formula is C11H14ClN3O3. The second kappa shape index (κ2) is 5.68. The van der Waals surface area contributed by atoms with Crippen molar-refractivity contribution in [3.8, 4) is 0 Å². The Bertz CT molecular complexity index is 477. The maximum absolute atomic E-state index is 11.0. The van der Waals surface area contributed by atoms with Crippen molar-refractivity contribution < 1.29 is 14.7 Å². The van der Waals surface area contributed by atoms with E-state index in [1.54, 1.807) is 13.8 Å². The van der Waals surface area contributed by atoms with E-state index in [0.717, 1.165) is 0 Å². The number of hydrogen-bond donors (Lipinski definition) is 3. The van der Waals surface area contributed by atoms with E-state index in [2.05, 4.69) is 10.3 Å². The van der Waals surface area contributed by atoms with Gasteiger partial charge >= 0.3 is 5.97 Å². The van der Waals surface area contributed by atoms with Crippen molar-refractivity contribution in [2.24, 2.45) is 11.7 Å². The number of primary amides is 1. The minimum Gasteiger partial charge on any atom is -0.480 e. The van der Waals surface area contributed by atoms with Crippen molar-refractivity contribution in [1.82, 2.24) is 4.98 Å². The van der Waals surface area contributed by atoms with Gasteiger partial charge < -0.3 is 16.2 Å². The van der Waals surface area contributed by atoms with Crippen LogP contribution in [0.3, 0.4) is 0 Å². The Morgan fingerprint density at radius 1 is 1.50 bits per heavy atom. The number of nitrogens with two attached hydrogens (primary N) is 1. The summed E-state index contributed by atoms with van der Waals surface area (Å²) in [6, 6.07) is 0.535. The molecule has 0 unspecified atom stereocenters. The molecular weight excluding hydrogens is 258 g/mol. The Labute approximate surface area is 109 Å². The van der Waals surface area contributed by atoms with Crippen LogP contribution in [0, 0.1) is 5.92 Å². The van der Waals surface area contributed by atoms with Crippen LogP contribution in [0.15, 0.2) is 12.3 Å². The van der Waals surface area contributed by atoms with Crippen molar-refractivity contribution >= 4 is 29.3 Å². The Morgan fingerprint density at radius 2 is 2.11 bits per heavy atom. The minimum atomic E-state index is -0.998. The van der Waals surface area contributed by atoms with Gasteiger partial charge in [0, 0.05) is 6.20 Å². The number of carbonyl (C=O) groups excluding carboxylic acids is 1. The third-order valence-electron chi connectivity index (χ3n) is 2.35. The number of nitrogens with zero attached hydrogens (tertiary/aromatic N) is 1. The largest absolute Gasteiger partial charge is 0.480 e. The third kappa shape index (κ3) is 3.33. The van der Waals surface area contributed by atoms with Gasteiger partial charge in [-0.1, -0.05) is 25.4 Å². The molecule has 1 amide bonds. The Hall–Kier alpha value is -1.82. The van der Waals surface area contributed by atoms with Crippen LogP contribution in [0.25, 0.3) is 0 Å². The van der Waals surface area contributed by atoms with Crippen LogP contribution in [0.4, 0.5) is 5.82 Å². The smallest absolute Gasteiger partial charge is 0.326 e. The molecule has 0 saturated heterocycles. The molecule has 1 aromatic rings. The van der Waals surface area contributed by atoms with Crippen molar-refractivity contribution in [2.75, 3.05) is 5.32 Å². The second-order valence-corrected chi connectivity index (χ2v) is 4.53. The number of anilines is 1. The minimum absolute atomic E-state index is 0.142. The van der Waals surface area contributed by atoms with E-state index in [0.29, 0.717) is 0 Å². The standard InChI is InChI=1S/C11H14ClN3O3/c1-5(2)8(11(17)18)15-10-7(12)3-6(4-14-10)9(13)16/h3-5,8H,1-2H3,(H2,13,16)(H,14,15)(H,17,18)/t8-/m0/s1. The van der Waals surface area contributed by atoms with Gasteiger partial charge in [0.1, 0.15) is 11.9 Å². The average Bonchev–Trinajstić information content (AvgIpc) is 2.25. The average molecular weight is 272 g/mol. The third-order valence-corrected chi connectivity index (χ3v) is 2.64. The topological polar surface area (TPSA) is 105 Å². The number of rotatable bonds is 5. The number of hydrogen-bond acceptors (Lipinski definition) is 4. The molecule has 7 heteroatoms. The number of carboxylic acids is 1. The van der Waals surface area contributed by atoms with Crippen LogP contribution in [-0.2, 0) is 4.79 Å². The van der Waals surface area contributed by atoms with Crippen molar-refractivity contribution in [3.05, 3.63) is 22.8 Å². The van der Waals surface area contributed by atoms with Gasteiger partial charge in [-0.3, -0.25) is 4.79 Å². The summed E-state index contributed by atoms with van der Waals surface area (Å²) in [5.41, 5.74) is 5.25. The lowest BCUT2D eigenvalue weighted by Gasteiger charge is -2.19. The summed E-state index contributed by atoms with van der Waals surface area (Å²) in [4.78, 5) is 25.8. The zero-order chi connectivity index (χ0) is 13.9. The van der Waals surface area contributed by atoms with Gasteiger partial charge in [0.2, 0.25) is 5.91 Å². The van der Waals surface area contributed by atoms with E-state index in [4.69, 9.17) is 22.4 Å².